The van der Waals surface area contributed by atoms with Crippen LogP contribution in [0.2, 0.25) is 15.8 Å². The Morgan fingerprint density at radius 3 is 1.93 bits per heavy atom. The molecule has 0 aliphatic carbocycles. The van der Waals surface area contributed by atoms with Crippen LogP contribution in [0.5, 0.6) is 0 Å². The van der Waals surface area contributed by atoms with Crippen LogP contribution >= 0.6 is 0 Å². The summed E-state index contributed by atoms with van der Waals surface area (Å²) in [6.45, 7) is 7.09. The fourth-order valence-corrected chi connectivity index (χ4v) is 7.72. The van der Waals surface area contributed by atoms with E-state index in [1.807, 2.05) is 0 Å². The van der Waals surface area contributed by atoms with Gasteiger partial charge < -0.3 is 0 Å². The van der Waals surface area contributed by atoms with Crippen LogP contribution in [0, 0.1) is 0 Å². The number of hydrogen-bond acceptors (Lipinski definition) is 0. The molecule has 0 spiro atoms. The van der Waals surface area contributed by atoms with E-state index in [0.717, 1.165) is 0 Å². The van der Waals surface area contributed by atoms with Crippen LogP contribution in [-0.2, 0) is 0 Å². The maximum absolute atomic E-state index is 2.58. The van der Waals surface area contributed by atoms with Crippen molar-refractivity contribution in [3.8, 4) is 0 Å². The molecule has 0 bridgehead atoms. The molecular formula is C14H22Ge. The van der Waals surface area contributed by atoms with Crippen molar-refractivity contribution in [2.75, 3.05) is 0 Å². The van der Waals surface area contributed by atoms with Gasteiger partial charge in [0.05, 0.1) is 0 Å². The SMILES string of the molecule is C[CH2][Ge]([CH]=Cc1ccccc1)([CH2]C)[CH2]C. The molecule has 1 rings (SSSR count). The fourth-order valence-electron chi connectivity index (χ4n) is 1.94. The Morgan fingerprint density at radius 1 is 0.933 bits per heavy atom. The minimum atomic E-state index is -1.60. The molecule has 0 aromatic heterocycles. The molecule has 0 saturated carbocycles. The molecule has 1 heteroatoms. The summed E-state index contributed by atoms with van der Waals surface area (Å²) in [5.74, 6) is 0. The van der Waals surface area contributed by atoms with Crippen molar-refractivity contribution in [1.29, 1.82) is 0 Å². The van der Waals surface area contributed by atoms with Crippen LogP contribution in [0.3, 0.4) is 0 Å². The summed E-state index contributed by atoms with van der Waals surface area (Å²) in [4.78, 5) is 2.58. The standard InChI is InChI=1S/C14H22Ge/c1-4-15(5-2,6-3)13-12-14-10-8-7-9-11-14/h7-13H,4-6H2,1-3H3. The molecule has 0 heterocycles. The van der Waals surface area contributed by atoms with Crippen molar-refractivity contribution in [3.05, 3.63) is 40.8 Å². The Labute approximate surface area is 96.8 Å². The first-order chi connectivity index (χ1) is 7.26. The average molecular weight is 263 g/mol. The quantitative estimate of drug-likeness (QED) is 0.672. The Hall–Kier alpha value is -0.497. The van der Waals surface area contributed by atoms with Gasteiger partial charge in [0, 0.05) is 0 Å². The molecule has 0 fully saturated rings. The Kier molecular flexibility index (Phi) is 5.17. The molecule has 0 saturated heterocycles. The third-order valence-corrected chi connectivity index (χ3v) is 14.2. The van der Waals surface area contributed by atoms with Crippen molar-refractivity contribution in [3.63, 3.8) is 0 Å². The van der Waals surface area contributed by atoms with Crippen LogP contribution in [0.25, 0.3) is 6.08 Å². The van der Waals surface area contributed by atoms with Gasteiger partial charge in [-0.25, -0.2) is 0 Å². The fraction of sp³-hybridized carbons (Fsp3) is 0.429. The van der Waals surface area contributed by atoms with Crippen molar-refractivity contribution in [2.24, 2.45) is 0 Å². The number of benzene rings is 1. The van der Waals surface area contributed by atoms with Gasteiger partial charge >= 0.3 is 96.7 Å². The van der Waals surface area contributed by atoms with E-state index >= 15 is 0 Å². The Balaban J connectivity index is 2.79. The van der Waals surface area contributed by atoms with Crippen molar-refractivity contribution < 1.29 is 0 Å². The summed E-state index contributed by atoms with van der Waals surface area (Å²) in [6.07, 6.45) is 2.34. The molecule has 0 nitrogen and oxygen atoms in total. The molecule has 0 atom stereocenters. The normalized spacial score (nSPS) is 12.2. The minimum absolute atomic E-state index is 1.35. The maximum atomic E-state index is 2.58. The molecule has 0 aliphatic rings. The van der Waals surface area contributed by atoms with Crippen LogP contribution in [-0.4, -0.2) is 13.3 Å². The zero-order chi connectivity index (χ0) is 11.1. The molecule has 15 heavy (non-hydrogen) atoms. The van der Waals surface area contributed by atoms with E-state index in [2.05, 4.69) is 62.1 Å². The summed E-state index contributed by atoms with van der Waals surface area (Å²) in [5.41, 5.74) is 1.35. The summed E-state index contributed by atoms with van der Waals surface area (Å²) in [5, 5.41) is 4.24. The van der Waals surface area contributed by atoms with Gasteiger partial charge in [-0.3, -0.25) is 0 Å². The van der Waals surface area contributed by atoms with E-state index in [0.29, 0.717) is 0 Å². The van der Waals surface area contributed by atoms with Gasteiger partial charge in [-0.15, -0.1) is 0 Å². The van der Waals surface area contributed by atoms with Gasteiger partial charge in [-0.05, 0) is 0 Å². The zero-order valence-electron chi connectivity index (χ0n) is 10.2. The molecule has 0 radical (unpaired) electrons. The molecule has 0 N–H and O–H groups in total. The van der Waals surface area contributed by atoms with Gasteiger partial charge in [-0.1, -0.05) is 0 Å². The molecule has 1 aromatic rings. The van der Waals surface area contributed by atoms with E-state index in [-0.39, 0.29) is 0 Å². The van der Waals surface area contributed by atoms with E-state index < -0.39 is 13.3 Å². The van der Waals surface area contributed by atoms with Crippen LogP contribution in [0.15, 0.2) is 35.2 Å². The first-order valence-electron chi connectivity index (χ1n) is 6.00. The van der Waals surface area contributed by atoms with Gasteiger partial charge in [0.2, 0.25) is 0 Å². The van der Waals surface area contributed by atoms with Gasteiger partial charge in [-0.2, -0.15) is 0 Å². The van der Waals surface area contributed by atoms with Crippen LogP contribution < -0.4 is 0 Å². The topological polar surface area (TPSA) is 0 Å². The van der Waals surface area contributed by atoms with E-state index in [1.54, 1.807) is 0 Å². The molecular weight excluding hydrogens is 241 g/mol. The molecule has 0 aliphatic heterocycles. The monoisotopic (exact) mass is 264 g/mol. The predicted octanol–water partition coefficient (Wildman–Crippen LogP) is 4.75. The summed E-state index contributed by atoms with van der Waals surface area (Å²) < 4.78 is 0. The van der Waals surface area contributed by atoms with Crippen molar-refractivity contribution in [2.45, 2.75) is 36.5 Å². The number of rotatable bonds is 5. The molecule has 82 valence electrons. The predicted molar refractivity (Wildman–Crippen MR) is 72.7 cm³/mol. The summed E-state index contributed by atoms with van der Waals surface area (Å²) in [7, 11) is 0. The van der Waals surface area contributed by atoms with E-state index in [4.69, 9.17) is 0 Å². The van der Waals surface area contributed by atoms with Crippen molar-refractivity contribution >= 4 is 19.3 Å². The average Bonchev–Trinajstić information content (AvgIpc) is 2.33. The first kappa shape index (κ1) is 12.6. The zero-order valence-corrected chi connectivity index (χ0v) is 12.3. The van der Waals surface area contributed by atoms with E-state index in [1.165, 1.54) is 21.3 Å². The van der Waals surface area contributed by atoms with Crippen LogP contribution in [0.4, 0.5) is 0 Å². The van der Waals surface area contributed by atoms with Crippen molar-refractivity contribution in [1.82, 2.24) is 0 Å². The second-order valence-corrected chi connectivity index (χ2v) is 15.0. The molecule has 1 aromatic carbocycles. The Bertz CT molecular complexity index is 288. The second-order valence-electron chi connectivity index (χ2n) is 4.17. The summed E-state index contributed by atoms with van der Waals surface area (Å²) in [6, 6.07) is 10.7. The third-order valence-electron chi connectivity index (χ3n) is 3.54. The Morgan fingerprint density at radius 2 is 1.47 bits per heavy atom. The number of hydrogen-bond donors (Lipinski definition) is 0. The molecule has 0 unspecified atom stereocenters. The van der Waals surface area contributed by atoms with Crippen LogP contribution in [0.1, 0.15) is 26.3 Å². The van der Waals surface area contributed by atoms with Gasteiger partial charge in [0.15, 0.2) is 0 Å². The third kappa shape index (κ3) is 3.53. The van der Waals surface area contributed by atoms with Gasteiger partial charge in [0.25, 0.3) is 0 Å². The summed E-state index contributed by atoms with van der Waals surface area (Å²) >= 11 is -1.60. The first-order valence-corrected chi connectivity index (χ1v) is 11.7. The van der Waals surface area contributed by atoms with Gasteiger partial charge in [0.1, 0.15) is 0 Å². The molecule has 0 amide bonds. The second kappa shape index (κ2) is 6.17. The van der Waals surface area contributed by atoms with E-state index in [9.17, 15) is 0 Å².